The minimum atomic E-state index is -0.364. The van der Waals surface area contributed by atoms with Gasteiger partial charge in [0.05, 0.1) is 0 Å². The maximum absolute atomic E-state index is 4.79. The third-order valence-corrected chi connectivity index (χ3v) is 7.45. The van der Waals surface area contributed by atoms with Crippen molar-refractivity contribution in [1.82, 2.24) is 0 Å². The van der Waals surface area contributed by atoms with Crippen LogP contribution in [0.2, 0.25) is 0 Å². The Morgan fingerprint density at radius 2 is 0.824 bits per heavy atom. The van der Waals surface area contributed by atoms with Gasteiger partial charge in [-0.05, 0) is 70.1 Å². The molecular formula is C32H26S2. The monoisotopic (exact) mass is 474 g/mol. The van der Waals surface area contributed by atoms with Gasteiger partial charge >= 0.3 is 0 Å². The normalized spacial score (nSPS) is 11.4. The molecule has 0 bridgehead atoms. The zero-order valence-corrected chi connectivity index (χ0v) is 20.8. The van der Waals surface area contributed by atoms with E-state index in [2.05, 4.69) is 122 Å². The average molecular weight is 475 g/mol. The Kier molecular flexibility index (Phi) is 6.36. The van der Waals surface area contributed by atoms with Crippen molar-refractivity contribution in [1.29, 1.82) is 0 Å². The van der Waals surface area contributed by atoms with Crippen molar-refractivity contribution < 1.29 is 0 Å². The van der Waals surface area contributed by atoms with Crippen molar-refractivity contribution in [2.75, 3.05) is 0 Å². The molecule has 0 saturated heterocycles. The molecule has 5 aromatic rings. The molecule has 0 aliphatic rings. The van der Waals surface area contributed by atoms with Gasteiger partial charge in [-0.2, -0.15) is 0 Å². The average Bonchev–Trinajstić information content (AvgIpc) is 2.90. The van der Waals surface area contributed by atoms with Crippen molar-refractivity contribution in [3.8, 4) is 22.3 Å². The largest absolute Gasteiger partial charge is 0.143 e. The lowest BCUT2D eigenvalue weighted by Gasteiger charge is -2.33. The maximum atomic E-state index is 4.79. The highest BCUT2D eigenvalue weighted by Crippen LogP contribution is 2.43. The highest BCUT2D eigenvalue weighted by atomic mass is 32.1. The first-order valence-corrected chi connectivity index (χ1v) is 12.3. The fraction of sp³-hybridized carbons (Fsp3) is 0.0625. The number of hydrogen-bond acceptors (Lipinski definition) is 2. The minimum absolute atomic E-state index is 0.364. The molecule has 0 nitrogen and oxygen atoms in total. The predicted molar refractivity (Wildman–Crippen MR) is 150 cm³/mol. The van der Waals surface area contributed by atoms with Gasteiger partial charge in [0.15, 0.2) is 0 Å². The van der Waals surface area contributed by atoms with Crippen molar-refractivity contribution in [3.05, 3.63) is 144 Å². The van der Waals surface area contributed by atoms with Gasteiger partial charge in [0.2, 0.25) is 0 Å². The molecule has 34 heavy (non-hydrogen) atoms. The summed E-state index contributed by atoms with van der Waals surface area (Å²) >= 11 is 9.59. The summed E-state index contributed by atoms with van der Waals surface area (Å²) < 4.78 is 0. The van der Waals surface area contributed by atoms with E-state index in [4.69, 9.17) is 25.3 Å². The summed E-state index contributed by atoms with van der Waals surface area (Å²) in [6, 6.07) is 44.9. The Labute approximate surface area is 213 Å². The van der Waals surface area contributed by atoms with E-state index < -0.39 is 0 Å². The van der Waals surface area contributed by atoms with Crippen molar-refractivity contribution in [3.63, 3.8) is 0 Å². The van der Waals surface area contributed by atoms with Gasteiger partial charge in [0.1, 0.15) is 0 Å². The molecule has 0 saturated carbocycles. The molecule has 5 rings (SSSR count). The van der Waals surface area contributed by atoms with E-state index in [-0.39, 0.29) is 5.41 Å². The highest BCUT2D eigenvalue weighted by molar-refractivity contribution is 7.80. The molecule has 2 heteroatoms. The van der Waals surface area contributed by atoms with Gasteiger partial charge in [-0.25, -0.2) is 0 Å². The van der Waals surface area contributed by atoms with Crippen LogP contribution in [-0.2, 0) is 5.41 Å². The summed E-state index contributed by atoms with van der Waals surface area (Å²) in [7, 11) is 0. The quantitative estimate of drug-likeness (QED) is 0.184. The van der Waals surface area contributed by atoms with Gasteiger partial charge in [0, 0.05) is 15.2 Å². The van der Waals surface area contributed by atoms with Crippen LogP contribution in [-0.4, -0.2) is 0 Å². The van der Waals surface area contributed by atoms with Crippen molar-refractivity contribution in [2.45, 2.75) is 22.1 Å². The van der Waals surface area contributed by atoms with Crippen molar-refractivity contribution in [2.24, 2.45) is 0 Å². The summed E-state index contributed by atoms with van der Waals surface area (Å²) in [6.07, 6.45) is 0. The third-order valence-electron chi connectivity index (χ3n) is 6.67. The molecule has 0 aromatic heterocycles. The molecule has 5 aromatic carbocycles. The standard InChI is InChI=1S/C32H26S2/c1-32(25-15-9-4-10-16-25,26-17-19-30(33)28(21-26)23-11-5-2-6-12-23)27-18-20-31(34)29(22-27)24-13-7-3-8-14-24/h2-22,33-34H,1H3. The molecule has 0 N–H and O–H groups in total. The first-order valence-electron chi connectivity index (χ1n) is 11.4. The Morgan fingerprint density at radius 3 is 1.24 bits per heavy atom. The zero-order chi connectivity index (χ0) is 23.5. The van der Waals surface area contributed by atoms with Crippen LogP contribution in [0.4, 0.5) is 0 Å². The van der Waals surface area contributed by atoms with Crippen LogP contribution in [0.3, 0.4) is 0 Å². The Morgan fingerprint density at radius 1 is 0.441 bits per heavy atom. The van der Waals surface area contributed by atoms with Gasteiger partial charge in [-0.1, -0.05) is 103 Å². The fourth-order valence-electron chi connectivity index (χ4n) is 4.66. The van der Waals surface area contributed by atoms with Gasteiger partial charge in [0.25, 0.3) is 0 Å². The summed E-state index contributed by atoms with van der Waals surface area (Å²) in [4.78, 5) is 1.95. The summed E-state index contributed by atoms with van der Waals surface area (Å²) in [5.74, 6) is 0. The second kappa shape index (κ2) is 9.58. The highest BCUT2D eigenvalue weighted by Gasteiger charge is 2.32. The van der Waals surface area contributed by atoms with Gasteiger partial charge in [-0.3, -0.25) is 0 Å². The molecule has 0 aliphatic carbocycles. The molecule has 0 fully saturated rings. The summed E-state index contributed by atoms with van der Waals surface area (Å²) in [5.41, 5.74) is 7.93. The first-order chi connectivity index (χ1) is 16.6. The smallest absolute Gasteiger partial charge is 0.0423 e. The van der Waals surface area contributed by atoms with E-state index in [1.807, 2.05) is 12.1 Å². The minimum Gasteiger partial charge on any atom is -0.143 e. The van der Waals surface area contributed by atoms with E-state index >= 15 is 0 Å². The molecular weight excluding hydrogens is 448 g/mol. The number of thiol groups is 2. The van der Waals surface area contributed by atoms with Crippen LogP contribution >= 0.6 is 25.3 Å². The second-order valence-corrected chi connectivity index (χ2v) is 9.65. The summed E-state index contributed by atoms with van der Waals surface area (Å²) in [6.45, 7) is 2.31. The molecule has 0 amide bonds. The van der Waals surface area contributed by atoms with Crippen molar-refractivity contribution >= 4 is 25.3 Å². The lowest BCUT2D eigenvalue weighted by molar-refractivity contribution is 0.691. The van der Waals surface area contributed by atoms with E-state index in [0.29, 0.717) is 0 Å². The number of rotatable bonds is 5. The zero-order valence-electron chi connectivity index (χ0n) is 19.0. The third kappa shape index (κ3) is 4.20. The van der Waals surface area contributed by atoms with E-state index in [0.717, 1.165) is 20.9 Å². The van der Waals surface area contributed by atoms with E-state index in [1.165, 1.54) is 27.8 Å². The first kappa shape index (κ1) is 22.6. The lowest BCUT2D eigenvalue weighted by Crippen LogP contribution is -2.25. The van der Waals surface area contributed by atoms with E-state index in [9.17, 15) is 0 Å². The SMILES string of the molecule is CC(c1ccccc1)(c1ccc(S)c(-c2ccccc2)c1)c1ccc(S)c(-c2ccccc2)c1. The maximum Gasteiger partial charge on any atom is 0.0423 e. The molecule has 166 valence electrons. The van der Waals surface area contributed by atoms with Crippen LogP contribution in [0, 0.1) is 0 Å². The molecule has 0 radical (unpaired) electrons. The molecule has 0 aliphatic heterocycles. The van der Waals surface area contributed by atoms with Crippen LogP contribution in [0.15, 0.2) is 137 Å². The Bertz CT molecular complexity index is 1320. The molecule has 0 heterocycles. The van der Waals surface area contributed by atoms with Crippen LogP contribution in [0.1, 0.15) is 23.6 Å². The predicted octanol–water partition coefficient (Wildman–Crippen LogP) is 8.95. The fourth-order valence-corrected chi connectivity index (χ4v) is 5.20. The Hall–Kier alpha value is -3.20. The molecule has 0 unspecified atom stereocenters. The molecule has 0 atom stereocenters. The summed E-state index contributed by atoms with van der Waals surface area (Å²) in [5, 5.41) is 0. The number of hydrogen-bond donors (Lipinski definition) is 2. The molecule has 0 spiro atoms. The van der Waals surface area contributed by atoms with Crippen LogP contribution in [0.5, 0.6) is 0 Å². The van der Waals surface area contributed by atoms with Gasteiger partial charge in [-0.15, -0.1) is 25.3 Å². The van der Waals surface area contributed by atoms with Crippen LogP contribution in [0.25, 0.3) is 22.3 Å². The Balaban J connectivity index is 1.74. The van der Waals surface area contributed by atoms with Crippen LogP contribution < -0.4 is 0 Å². The van der Waals surface area contributed by atoms with E-state index in [1.54, 1.807) is 0 Å². The second-order valence-electron chi connectivity index (χ2n) is 8.69. The lowest BCUT2D eigenvalue weighted by atomic mass is 9.70. The topological polar surface area (TPSA) is 0 Å². The number of benzene rings is 5. The van der Waals surface area contributed by atoms with Gasteiger partial charge < -0.3 is 0 Å².